The van der Waals surface area contributed by atoms with Gasteiger partial charge in [-0.2, -0.15) is 4.31 Å². The van der Waals surface area contributed by atoms with Gasteiger partial charge in [0.2, 0.25) is 10.0 Å². The van der Waals surface area contributed by atoms with E-state index in [-0.39, 0.29) is 21.4 Å². The number of piperidine rings is 1. The lowest BCUT2D eigenvalue weighted by Gasteiger charge is -2.26. The van der Waals surface area contributed by atoms with Crippen molar-refractivity contribution in [2.24, 2.45) is 0 Å². The highest BCUT2D eigenvalue weighted by molar-refractivity contribution is 7.89. The molecule has 2 aromatic carbocycles. The number of nitrogens with one attached hydrogen (secondary N) is 1. The van der Waals surface area contributed by atoms with Crippen LogP contribution in [0, 0.1) is 0 Å². The zero-order valence-electron chi connectivity index (χ0n) is 18.3. The number of halogens is 1. The number of benzene rings is 2. The van der Waals surface area contributed by atoms with E-state index < -0.39 is 15.9 Å². The monoisotopic (exact) mass is 477 g/mol. The first kappa shape index (κ1) is 24.2. The molecule has 3 rings (SSSR count). The highest BCUT2D eigenvalue weighted by atomic mass is 35.5. The molecule has 172 valence electrons. The maximum atomic E-state index is 13.0. The number of anilines is 1. The van der Waals surface area contributed by atoms with E-state index in [1.165, 1.54) is 22.5 Å². The SMILES string of the molecule is CCN(CC)C(=O)c1ccccc1NC(=O)c1cc(S(=O)(=O)N2CCCCC2)ccc1Cl. The maximum Gasteiger partial charge on any atom is 0.257 e. The van der Waals surface area contributed by atoms with E-state index >= 15 is 0 Å². The van der Waals surface area contributed by atoms with Crippen molar-refractivity contribution in [1.82, 2.24) is 9.21 Å². The van der Waals surface area contributed by atoms with Gasteiger partial charge in [0.05, 0.1) is 26.7 Å². The third kappa shape index (κ3) is 5.14. The second-order valence-electron chi connectivity index (χ2n) is 7.58. The minimum Gasteiger partial charge on any atom is -0.339 e. The molecule has 1 heterocycles. The molecule has 9 heteroatoms. The van der Waals surface area contributed by atoms with Crippen molar-refractivity contribution >= 4 is 39.1 Å². The van der Waals surface area contributed by atoms with Crippen molar-refractivity contribution < 1.29 is 18.0 Å². The Kier molecular flexibility index (Phi) is 7.92. The first-order valence-corrected chi connectivity index (χ1v) is 12.6. The number of carbonyl (C=O) groups is 2. The molecular formula is C23H28ClN3O4S. The van der Waals surface area contributed by atoms with Crippen molar-refractivity contribution in [3.05, 3.63) is 58.6 Å². The van der Waals surface area contributed by atoms with Gasteiger partial charge in [0.1, 0.15) is 0 Å². The number of para-hydroxylation sites is 1. The molecule has 7 nitrogen and oxygen atoms in total. The Bertz CT molecular complexity index is 1090. The summed E-state index contributed by atoms with van der Waals surface area (Å²) in [5.74, 6) is -0.774. The number of hydrogen-bond acceptors (Lipinski definition) is 4. The molecule has 32 heavy (non-hydrogen) atoms. The van der Waals surface area contributed by atoms with E-state index in [0.29, 0.717) is 37.4 Å². The largest absolute Gasteiger partial charge is 0.339 e. The summed E-state index contributed by atoms with van der Waals surface area (Å²) in [6.45, 7) is 5.79. The van der Waals surface area contributed by atoms with Gasteiger partial charge in [-0.25, -0.2) is 8.42 Å². The van der Waals surface area contributed by atoms with Crippen LogP contribution in [0.25, 0.3) is 0 Å². The predicted octanol–water partition coefficient (Wildman–Crippen LogP) is 4.25. The fourth-order valence-corrected chi connectivity index (χ4v) is 5.49. The molecule has 0 atom stereocenters. The number of hydrogen-bond donors (Lipinski definition) is 1. The Balaban J connectivity index is 1.90. The number of amides is 2. The van der Waals surface area contributed by atoms with Gasteiger partial charge in [0.25, 0.3) is 11.8 Å². The quantitative estimate of drug-likeness (QED) is 0.645. The fourth-order valence-electron chi connectivity index (χ4n) is 3.74. The first-order valence-electron chi connectivity index (χ1n) is 10.8. The predicted molar refractivity (Wildman–Crippen MR) is 126 cm³/mol. The Hall–Kier alpha value is -2.42. The van der Waals surface area contributed by atoms with Crippen LogP contribution in [0.1, 0.15) is 53.8 Å². The topological polar surface area (TPSA) is 86.8 Å². The molecule has 1 aliphatic heterocycles. The number of carbonyl (C=O) groups excluding carboxylic acids is 2. The van der Waals surface area contributed by atoms with Gasteiger partial charge in [-0.15, -0.1) is 0 Å². The summed E-state index contributed by atoms with van der Waals surface area (Å²) in [6, 6.07) is 10.9. The lowest BCUT2D eigenvalue weighted by molar-refractivity contribution is 0.0774. The fraction of sp³-hybridized carbons (Fsp3) is 0.391. The molecule has 0 aliphatic carbocycles. The molecule has 2 amide bonds. The van der Waals surface area contributed by atoms with Crippen LogP contribution in [0.15, 0.2) is 47.4 Å². The second kappa shape index (κ2) is 10.5. The van der Waals surface area contributed by atoms with E-state index in [4.69, 9.17) is 11.6 Å². The van der Waals surface area contributed by atoms with Crippen molar-refractivity contribution in [1.29, 1.82) is 0 Å². The van der Waals surface area contributed by atoms with Gasteiger partial charge in [-0.3, -0.25) is 9.59 Å². The molecule has 1 aliphatic rings. The summed E-state index contributed by atoms with van der Waals surface area (Å²) in [6.07, 6.45) is 2.64. The van der Waals surface area contributed by atoms with Crippen LogP contribution >= 0.6 is 11.6 Å². The van der Waals surface area contributed by atoms with E-state index in [1.54, 1.807) is 29.2 Å². The highest BCUT2D eigenvalue weighted by Gasteiger charge is 2.27. The summed E-state index contributed by atoms with van der Waals surface area (Å²) in [4.78, 5) is 27.6. The molecule has 0 bridgehead atoms. The average molecular weight is 478 g/mol. The Labute approximate surface area is 194 Å². The summed E-state index contributed by atoms with van der Waals surface area (Å²) < 4.78 is 27.5. The first-order chi connectivity index (χ1) is 15.3. The smallest absolute Gasteiger partial charge is 0.257 e. The van der Waals surface area contributed by atoms with Crippen molar-refractivity contribution in [2.75, 3.05) is 31.5 Å². The van der Waals surface area contributed by atoms with Gasteiger partial charge in [-0.1, -0.05) is 30.2 Å². The summed E-state index contributed by atoms with van der Waals surface area (Å²) in [5.41, 5.74) is 0.738. The highest BCUT2D eigenvalue weighted by Crippen LogP contribution is 2.26. The third-order valence-electron chi connectivity index (χ3n) is 5.59. The van der Waals surface area contributed by atoms with E-state index in [1.807, 2.05) is 13.8 Å². The van der Waals surface area contributed by atoms with Crippen molar-refractivity contribution in [3.63, 3.8) is 0 Å². The van der Waals surface area contributed by atoms with Crippen LogP contribution < -0.4 is 5.32 Å². The average Bonchev–Trinajstić information content (AvgIpc) is 2.80. The molecule has 0 saturated carbocycles. The summed E-state index contributed by atoms with van der Waals surface area (Å²) >= 11 is 6.25. The van der Waals surface area contributed by atoms with Crippen molar-refractivity contribution in [3.8, 4) is 0 Å². The van der Waals surface area contributed by atoms with Crippen molar-refractivity contribution in [2.45, 2.75) is 38.0 Å². The lowest BCUT2D eigenvalue weighted by Crippen LogP contribution is -2.35. The van der Waals surface area contributed by atoms with E-state index in [2.05, 4.69) is 5.32 Å². The molecular weight excluding hydrogens is 450 g/mol. The molecule has 1 fully saturated rings. The molecule has 0 spiro atoms. The Morgan fingerprint density at radius 3 is 2.31 bits per heavy atom. The van der Waals surface area contributed by atoms with Crippen LogP contribution in [-0.2, 0) is 10.0 Å². The van der Waals surface area contributed by atoms with Crippen LogP contribution in [0.3, 0.4) is 0 Å². The van der Waals surface area contributed by atoms with Gasteiger partial charge in [0, 0.05) is 26.2 Å². The van der Waals surface area contributed by atoms with Gasteiger partial charge < -0.3 is 10.2 Å². The van der Waals surface area contributed by atoms with Crippen LogP contribution in [0.5, 0.6) is 0 Å². The standard InChI is InChI=1S/C23H28ClN3O4S/c1-3-26(4-2)23(29)18-10-6-7-11-21(18)25-22(28)19-16-17(12-13-20(19)24)32(30,31)27-14-8-5-9-15-27/h6-7,10-13,16H,3-5,8-9,14-15H2,1-2H3,(H,25,28). The molecule has 0 unspecified atom stereocenters. The van der Waals surface area contributed by atoms with Crippen LogP contribution in [0.2, 0.25) is 5.02 Å². The second-order valence-corrected chi connectivity index (χ2v) is 9.93. The van der Waals surface area contributed by atoms with Gasteiger partial charge >= 0.3 is 0 Å². The molecule has 2 aromatic rings. The zero-order valence-corrected chi connectivity index (χ0v) is 19.9. The normalized spacial score (nSPS) is 14.7. The van der Waals surface area contributed by atoms with E-state index in [9.17, 15) is 18.0 Å². The minimum absolute atomic E-state index is 0.0291. The number of sulfonamides is 1. The molecule has 1 saturated heterocycles. The molecule has 0 radical (unpaired) electrons. The Morgan fingerprint density at radius 1 is 1.00 bits per heavy atom. The minimum atomic E-state index is -3.71. The van der Waals surface area contributed by atoms with Gasteiger partial charge in [-0.05, 0) is 57.0 Å². The zero-order chi connectivity index (χ0) is 23.3. The summed E-state index contributed by atoms with van der Waals surface area (Å²) in [7, 11) is -3.71. The maximum absolute atomic E-state index is 13.0. The number of rotatable bonds is 7. The Morgan fingerprint density at radius 2 is 1.66 bits per heavy atom. The van der Waals surface area contributed by atoms with Crippen LogP contribution in [-0.4, -0.2) is 55.6 Å². The molecule has 0 aromatic heterocycles. The van der Waals surface area contributed by atoms with Gasteiger partial charge in [0.15, 0.2) is 0 Å². The lowest BCUT2D eigenvalue weighted by atomic mass is 10.1. The molecule has 1 N–H and O–H groups in total. The van der Waals surface area contributed by atoms with Crippen LogP contribution in [0.4, 0.5) is 5.69 Å². The number of nitrogens with zero attached hydrogens (tertiary/aromatic N) is 2. The third-order valence-corrected chi connectivity index (χ3v) is 7.82. The van der Waals surface area contributed by atoms with E-state index in [0.717, 1.165) is 19.3 Å². The summed E-state index contributed by atoms with van der Waals surface area (Å²) in [5, 5.41) is 2.86.